The van der Waals surface area contributed by atoms with Crippen LogP contribution in [0, 0.1) is 5.92 Å². The number of likely N-dealkylation sites (N-methyl/N-ethyl adjacent to an activating group) is 1. The summed E-state index contributed by atoms with van der Waals surface area (Å²) >= 11 is 7.41. The molecule has 10 nitrogen and oxygen atoms in total. The van der Waals surface area contributed by atoms with Crippen LogP contribution in [0.4, 0.5) is 10.8 Å². The quantitative estimate of drug-likeness (QED) is 0.388. The van der Waals surface area contributed by atoms with Crippen LogP contribution in [0.2, 0.25) is 5.15 Å². The Hall–Kier alpha value is -3.28. The molecule has 1 saturated carbocycles. The van der Waals surface area contributed by atoms with Crippen LogP contribution in [0.1, 0.15) is 48.0 Å². The number of methoxy groups -OCH3 is 1. The number of nitrogens with one attached hydrogen (secondary N) is 1. The molecule has 1 N–H and O–H groups in total. The molecule has 1 saturated heterocycles. The molecule has 0 atom stereocenters. The third-order valence-electron chi connectivity index (χ3n) is 7.78. The van der Waals surface area contributed by atoms with E-state index in [1.54, 1.807) is 24.1 Å². The van der Waals surface area contributed by atoms with Gasteiger partial charge in [0.25, 0.3) is 11.1 Å². The molecule has 1 spiro atoms. The lowest BCUT2D eigenvalue weighted by molar-refractivity contribution is -0.119. The smallest absolute Gasteiger partial charge is 0.295 e. The number of hydrogen-bond donors (Lipinski definition) is 1. The maximum Gasteiger partial charge on any atom is 0.295 e. The lowest BCUT2D eigenvalue weighted by atomic mass is 9.90. The van der Waals surface area contributed by atoms with E-state index in [0.717, 1.165) is 56.6 Å². The molecule has 0 radical (unpaired) electrons. The van der Waals surface area contributed by atoms with Crippen LogP contribution in [-0.2, 0) is 14.9 Å². The number of fused-ring (bicyclic) bond motifs is 2. The van der Waals surface area contributed by atoms with E-state index < -0.39 is 11.3 Å². The average Bonchev–Trinajstić information content (AvgIpc) is 3.60. The molecule has 1 aromatic carbocycles. The summed E-state index contributed by atoms with van der Waals surface area (Å²) in [7, 11) is 3.28. The van der Waals surface area contributed by atoms with Crippen LogP contribution in [0.5, 0.6) is 10.9 Å². The Kier molecular flexibility index (Phi) is 6.90. The average molecular weight is 570 g/mol. The van der Waals surface area contributed by atoms with Crippen LogP contribution in [-0.4, -0.2) is 61.0 Å². The lowest BCUT2D eigenvalue weighted by Crippen LogP contribution is -2.28. The molecular weight excluding hydrogens is 542 g/mol. The number of ether oxygens (including phenoxy) is 3. The monoisotopic (exact) mass is 569 g/mol. The van der Waals surface area contributed by atoms with Gasteiger partial charge in [0.1, 0.15) is 10.9 Å². The Balaban J connectivity index is 1.28. The zero-order chi connectivity index (χ0) is 27.1. The van der Waals surface area contributed by atoms with Crippen molar-refractivity contribution in [2.45, 2.75) is 37.5 Å². The molecule has 204 valence electrons. The highest BCUT2D eigenvalue weighted by atomic mass is 35.5. The summed E-state index contributed by atoms with van der Waals surface area (Å²) in [6.07, 6.45) is 6.09. The minimum Gasteiger partial charge on any atom is -0.494 e. The summed E-state index contributed by atoms with van der Waals surface area (Å²) in [5, 5.41) is 12.0. The first-order chi connectivity index (χ1) is 18.9. The summed E-state index contributed by atoms with van der Waals surface area (Å²) in [4.78, 5) is 32.5. The fourth-order valence-electron chi connectivity index (χ4n) is 5.44. The Morgan fingerprint density at radius 1 is 1.23 bits per heavy atom. The van der Waals surface area contributed by atoms with Gasteiger partial charge in [-0.15, -0.1) is 5.10 Å². The molecule has 0 unspecified atom stereocenters. The third kappa shape index (κ3) is 4.83. The van der Waals surface area contributed by atoms with Gasteiger partial charge < -0.3 is 19.1 Å². The molecule has 2 amide bonds. The summed E-state index contributed by atoms with van der Waals surface area (Å²) in [5.74, 6) is 0.701. The van der Waals surface area contributed by atoms with E-state index in [1.165, 1.54) is 24.6 Å². The second-order valence-electron chi connectivity index (χ2n) is 10.1. The first-order valence-electron chi connectivity index (χ1n) is 12.9. The van der Waals surface area contributed by atoms with Gasteiger partial charge in [-0.1, -0.05) is 16.7 Å². The predicted molar refractivity (Wildman–Crippen MR) is 147 cm³/mol. The molecular formula is C27H28ClN5O5S. The van der Waals surface area contributed by atoms with Gasteiger partial charge in [-0.3, -0.25) is 14.9 Å². The van der Waals surface area contributed by atoms with Crippen molar-refractivity contribution < 1.29 is 23.8 Å². The number of carbonyl (C=O) groups excluding carboxylic acids is 2. The standard InChI is InChI=1S/C27H28ClN5O5S/c1-33-20-12-18(23(34)30-25-31-32-26(39-25)38-10-5-15-3-8-37-9-4-15)16(11-19(20)27(6-7-27)24(33)35)17-13-22(28)29-14-21(17)36-2/h11-15H,3-10H2,1-2H3,(H,30,31,34). The van der Waals surface area contributed by atoms with Crippen molar-refractivity contribution in [1.82, 2.24) is 15.2 Å². The van der Waals surface area contributed by atoms with Crippen LogP contribution in [0.15, 0.2) is 24.4 Å². The maximum atomic E-state index is 13.7. The Morgan fingerprint density at radius 3 is 2.77 bits per heavy atom. The summed E-state index contributed by atoms with van der Waals surface area (Å²) in [6, 6.07) is 5.33. The molecule has 12 heteroatoms. The van der Waals surface area contributed by atoms with Crippen molar-refractivity contribution in [1.29, 1.82) is 0 Å². The predicted octanol–water partition coefficient (Wildman–Crippen LogP) is 4.72. The molecule has 1 aliphatic carbocycles. The van der Waals surface area contributed by atoms with Crippen LogP contribution < -0.4 is 19.7 Å². The van der Waals surface area contributed by atoms with Gasteiger partial charge in [0.2, 0.25) is 11.0 Å². The van der Waals surface area contributed by atoms with Crippen LogP contribution in [0.3, 0.4) is 0 Å². The number of carbonyl (C=O) groups is 2. The number of benzene rings is 1. The molecule has 2 aromatic heterocycles. The number of pyridine rings is 1. The van der Waals surface area contributed by atoms with Gasteiger partial charge in [-0.05, 0) is 78.7 Å². The van der Waals surface area contributed by atoms with Gasteiger partial charge in [0.05, 0.1) is 25.3 Å². The number of nitrogens with zero attached hydrogens (tertiary/aromatic N) is 4. The number of anilines is 2. The SMILES string of the molecule is COc1cnc(Cl)cc1-c1cc2c(cc1C(=O)Nc1nnc(OCCC3CCOCC3)s1)N(C)C(=O)C21CC1. The highest BCUT2D eigenvalue weighted by Crippen LogP contribution is 2.58. The van der Waals surface area contributed by atoms with Crippen molar-refractivity contribution in [2.24, 2.45) is 5.92 Å². The van der Waals surface area contributed by atoms with E-state index in [1.807, 2.05) is 6.07 Å². The number of aromatic nitrogens is 3. The number of hydrogen-bond acceptors (Lipinski definition) is 9. The van der Waals surface area contributed by atoms with E-state index in [0.29, 0.717) is 45.3 Å². The minimum absolute atomic E-state index is 0.0485. The maximum absolute atomic E-state index is 13.7. The van der Waals surface area contributed by atoms with Crippen molar-refractivity contribution in [2.75, 3.05) is 44.2 Å². The third-order valence-corrected chi connectivity index (χ3v) is 8.74. The summed E-state index contributed by atoms with van der Waals surface area (Å²) in [6.45, 7) is 2.13. The van der Waals surface area contributed by atoms with Crippen molar-refractivity contribution in [3.05, 3.63) is 40.7 Å². The molecule has 6 rings (SSSR count). The first kappa shape index (κ1) is 26.0. The van der Waals surface area contributed by atoms with Gasteiger partial charge in [0, 0.05) is 37.1 Å². The molecule has 4 heterocycles. The highest BCUT2D eigenvalue weighted by molar-refractivity contribution is 7.17. The number of rotatable bonds is 8. The molecule has 3 aliphatic rings. The van der Waals surface area contributed by atoms with Crippen molar-refractivity contribution >= 4 is 45.6 Å². The second kappa shape index (κ2) is 10.4. The summed E-state index contributed by atoms with van der Waals surface area (Å²) in [5.41, 5.74) is 2.67. The van der Waals surface area contributed by atoms with Gasteiger partial charge >= 0.3 is 0 Å². The van der Waals surface area contributed by atoms with Gasteiger partial charge in [0.15, 0.2) is 0 Å². The van der Waals surface area contributed by atoms with Crippen molar-refractivity contribution in [3.8, 4) is 22.1 Å². The minimum atomic E-state index is -0.520. The van der Waals surface area contributed by atoms with E-state index in [9.17, 15) is 9.59 Å². The second-order valence-corrected chi connectivity index (χ2v) is 11.4. The van der Waals surface area contributed by atoms with Crippen molar-refractivity contribution in [3.63, 3.8) is 0 Å². The fraction of sp³-hybridized carbons (Fsp3) is 0.444. The van der Waals surface area contributed by atoms with Gasteiger partial charge in [-0.25, -0.2) is 4.98 Å². The zero-order valence-electron chi connectivity index (χ0n) is 21.7. The van der Waals surface area contributed by atoms with E-state index in [4.69, 9.17) is 25.8 Å². The molecule has 2 aliphatic heterocycles. The zero-order valence-corrected chi connectivity index (χ0v) is 23.2. The van der Waals surface area contributed by atoms with E-state index >= 15 is 0 Å². The normalized spacial score (nSPS) is 17.8. The topological polar surface area (TPSA) is 116 Å². The highest BCUT2D eigenvalue weighted by Gasteiger charge is 2.58. The fourth-order valence-corrected chi connectivity index (χ4v) is 6.21. The lowest BCUT2D eigenvalue weighted by Gasteiger charge is -2.21. The molecule has 3 aromatic rings. The largest absolute Gasteiger partial charge is 0.494 e. The molecule has 2 fully saturated rings. The van der Waals surface area contributed by atoms with Crippen LogP contribution >= 0.6 is 22.9 Å². The Labute approximate surface area is 234 Å². The summed E-state index contributed by atoms with van der Waals surface area (Å²) < 4.78 is 16.8. The molecule has 39 heavy (non-hydrogen) atoms. The Bertz CT molecular complexity index is 1440. The number of amides is 2. The number of halogens is 1. The van der Waals surface area contributed by atoms with E-state index in [2.05, 4.69) is 20.5 Å². The Morgan fingerprint density at radius 2 is 2.03 bits per heavy atom. The van der Waals surface area contributed by atoms with E-state index in [-0.39, 0.29) is 11.1 Å². The first-order valence-corrected chi connectivity index (χ1v) is 14.1. The van der Waals surface area contributed by atoms with Crippen LogP contribution in [0.25, 0.3) is 11.1 Å². The molecule has 0 bridgehead atoms. The van der Waals surface area contributed by atoms with Gasteiger partial charge in [-0.2, -0.15) is 0 Å².